The van der Waals surface area contributed by atoms with Crippen molar-refractivity contribution in [3.05, 3.63) is 68.7 Å². The standard InChI is InChI=1S/C16H15BrClF2N/c1-2-21-16(13-9-11(18)3-6-15(13)20)8-10-7-12(19)4-5-14(10)17/h3-7,9,16,21H,2,8H2,1H3. The fourth-order valence-corrected chi connectivity index (χ4v) is 2.83. The van der Waals surface area contributed by atoms with Crippen molar-refractivity contribution in [2.24, 2.45) is 0 Å². The van der Waals surface area contributed by atoms with Crippen LogP contribution in [0.15, 0.2) is 40.9 Å². The summed E-state index contributed by atoms with van der Waals surface area (Å²) < 4.78 is 28.2. The molecule has 1 atom stereocenters. The van der Waals surface area contributed by atoms with Crippen LogP contribution in [0.5, 0.6) is 0 Å². The molecule has 2 aromatic rings. The topological polar surface area (TPSA) is 12.0 Å². The van der Waals surface area contributed by atoms with E-state index in [0.717, 1.165) is 10.0 Å². The quantitative estimate of drug-likeness (QED) is 0.751. The molecule has 0 heterocycles. The number of nitrogens with one attached hydrogen (secondary N) is 1. The minimum Gasteiger partial charge on any atom is -0.310 e. The Kier molecular flexibility index (Phi) is 5.73. The smallest absolute Gasteiger partial charge is 0.128 e. The van der Waals surface area contributed by atoms with Gasteiger partial charge in [0.05, 0.1) is 0 Å². The van der Waals surface area contributed by atoms with E-state index in [4.69, 9.17) is 11.6 Å². The second-order valence-corrected chi connectivity index (χ2v) is 6.01. The van der Waals surface area contributed by atoms with Crippen molar-refractivity contribution >= 4 is 27.5 Å². The molecule has 21 heavy (non-hydrogen) atoms. The van der Waals surface area contributed by atoms with E-state index < -0.39 is 0 Å². The number of benzene rings is 2. The Balaban J connectivity index is 2.35. The third-order valence-electron chi connectivity index (χ3n) is 3.22. The maximum atomic E-state index is 14.0. The summed E-state index contributed by atoms with van der Waals surface area (Å²) in [5, 5.41) is 3.70. The van der Waals surface area contributed by atoms with Crippen LogP contribution in [-0.4, -0.2) is 6.54 Å². The first kappa shape index (κ1) is 16.4. The van der Waals surface area contributed by atoms with Crippen molar-refractivity contribution in [3.63, 3.8) is 0 Å². The molecule has 1 N–H and O–H groups in total. The first-order valence-electron chi connectivity index (χ1n) is 6.63. The molecule has 0 fully saturated rings. The average Bonchev–Trinajstić information content (AvgIpc) is 2.45. The highest BCUT2D eigenvalue weighted by molar-refractivity contribution is 9.10. The SMILES string of the molecule is CCNC(Cc1cc(F)ccc1Br)c1cc(Cl)ccc1F. The van der Waals surface area contributed by atoms with Gasteiger partial charge in [0, 0.05) is 21.1 Å². The van der Waals surface area contributed by atoms with Crippen molar-refractivity contribution in [3.8, 4) is 0 Å². The van der Waals surface area contributed by atoms with Crippen LogP contribution < -0.4 is 5.32 Å². The van der Waals surface area contributed by atoms with Gasteiger partial charge >= 0.3 is 0 Å². The van der Waals surface area contributed by atoms with Crippen molar-refractivity contribution < 1.29 is 8.78 Å². The summed E-state index contributed by atoms with van der Waals surface area (Å²) in [7, 11) is 0. The molecule has 1 unspecified atom stereocenters. The van der Waals surface area contributed by atoms with Gasteiger partial charge in [-0.15, -0.1) is 0 Å². The van der Waals surface area contributed by atoms with Gasteiger partial charge in [-0.25, -0.2) is 8.78 Å². The van der Waals surface area contributed by atoms with Crippen LogP contribution in [-0.2, 0) is 6.42 Å². The van der Waals surface area contributed by atoms with E-state index in [1.54, 1.807) is 12.1 Å². The molecule has 0 aliphatic carbocycles. The molecule has 2 rings (SSSR count). The van der Waals surface area contributed by atoms with Gasteiger partial charge in [0.2, 0.25) is 0 Å². The minimum atomic E-state index is -0.321. The molecule has 112 valence electrons. The zero-order valence-corrected chi connectivity index (χ0v) is 13.8. The number of likely N-dealkylation sites (N-methyl/N-ethyl adjacent to an activating group) is 1. The molecule has 0 saturated heterocycles. The van der Waals surface area contributed by atoms with Crippen LogP contribution in [0.25, 0.3) is 0 Å². The minimum absolute atomic E-state index is 0.271. The van der Waals surface area contributed by atoms with Gasteiger partial charge in [0.1, 0.15) is 11.6 Å². The van der Waals surface area contributed by atoms with E-state index in [9.17, 15) is 8.78 Å². The van der Waals surface area contributed by atoms with Crippen LogP contribution in [0.2, 0.25) is 5.02 Å². The van der Waals surface area contributed by atoms with E-state index in [2.05, 4.69) is 21.2 Å². The summed E-state index contributed by atoms with van der Waals surface area (Å²) in [4.78, 5) is 0. The van der Waals surface area contributed by atoms with Crippen LogP contribution in [0.3, 0.4) is 0 Å². The molecule has 0 aromatic heterocycles. The zero-order chi connectivity index (χ0) is 15.4. The number of halogens is 4. The Bertz CT molecular complexity index is 634. The Morgan fingerprint density at radius 2 is 1.95 bits per heavy atom. The summed E-state index contributed by atoms with van der Waals surface area (Å²) >= 11 is 9.36. The molecule has 0 spiro atoms. The van der Waals surface area contributed by atoms with Gasteiger partial charge in [-0.2, -0.15) is 0 Å². The van der Waals surface area contributed by atoms with Crippen LogP contribution in [0.4, 0.5) is 8.78 Å². The average molecular weight is 375 g/mol. The second-order valence-electron chi connectivity index (χ2n) is 4.72. The van der Waals surface area contributed by atoms with Crippen molar-refractivity contribution in [1.29, 1.82) is 0 Å². The predicted molar refractivity (Wildman–Crippen MR) is 85.6 cm³/mol. The molecule has 0 amide bonds. The highest BCUT2D eigenvalue weighted by Crippen LogP contribution is 2.27. The van der Waals surface area contributed by atoms with Crippen molar-refractivity contribution in [2.45, 2.75) is 19.4 Å². The number of rotatable bonds is 5. The highest BCUT2D eigenvalue weighted by Gasteiger charge is 2.17. The molecule has 2 aromatic carbocycles. The number of hydrogen-bond donors (Lipinski definition) is 1. The molecule has 0 radical (unpaired) electrons. The Morgan fingerprint density at radius 3 is 2.67 bits per heavy atom. The zero-order valence-electron chi connectivity index (χ0n) is 11.5. The summed E-state index contributed by atoms with van der Waals surface area (Å²) in [6, 6.07) is 8.70. The van der Waals surface area contributed by atoms with Crippen molar-refractivity contribution in [1.82, 2.24) is 5.32 Å². The first-order chi connectivity index (χ1) is 10.0. The molecule has 0 saturated carbocycles. The third kappa shape index (κ3) is 4.25. The van der Waals surface area contributed by atoms with E-state index in [0.29, 0.717) is 23.6 Å². The molecule has 1 nitrogen and oxygen atoms in total. The van der Waals surface area contributed by atoms with Crippen molar-refractivity contribution in [2.75, 3.05) is 6.54 Å². The highest BCUT2D eigenvalue weighted by atomic mass is 79.9. The summed E-state index contributed by atoms with van der Waals surface area (Å²) in [5.41, 5.74) is 1.26. The lowest BCUT2D eigenvalue weighted by molar-refractivity contribution is 0.508. The Labute approximate surface area is 136 Å². The fraction of sp³-hybridized carbons (Fsp3) is 0.250. The lowest BCUT2D eigenvalue weighted by Crippen LogP contribution is -2.24. The second kappa shape index (κ2) is 7.34. The summed E-state index contributed by atoms with van der Waals surface area (Å²) in [5.74, 6) is -0.632. The Hall–Kier alpha value is -0.970. The van der Waals surface area contributed by atoms with E-state index in [-0.39, 0.29) is 17.7 Å². The van der Waals surface area contributed by atoms with E-state index in [1.807, 2.05) is 6.92 Å². The molecule has 5 heteroatoms. The van der Waals surface area contributed by atoms with E-state index >= 15 is 0 Å². The Morgan fingerprint density at radius 1 is 1.19 bits per heavy atom. The van der Waals surface area contributed by atoms with Gasteiger partial charge in [-0.05, 0) is 54.9 Å². The molecular formula is C16H15BrClF2N. The van der Waals surface area contributed by atoms with Gasteiger partial charge < -0.3 is 5.32 Å². The lowest BCUT2D eigenvalue weighted by atomic mass is 9.98. The normalized spacial score (nSPS) is 12.4. The maximum Gasteiger partial charge on any atom is 0.128 e. The van der Waals surface area contributed by atoms with Crippen LogP contribution in [0, 0.1) is 11.6 Å². The molecular weight excluding hydrogens is 360 g/mol. The fourth-order valence-electron chi connectivity index (χ4n) is 2.24. The third-order valence-corrected chi connectivity index (χ3v) is 4.22. The number of hydrogen-bond acceptors (Lipinski definition) is 1. The summed E-state index contributed by atoms with van der Waals surface area (Å²) in [6.07, 6.45) is 0.462. The monoisotopic (exact) mass is 373 g/mol. The van der Waals surface area contributed by atoms with Crippen LogP contribution in [0.1, 0.15) is 24.1 Å². The molecule has 0 aliphatic heterocycles. The van der Waals surface area contributed by atoms with E-state index in [1.165, 1.54) is 24.3 Å². The lowest BCUT2D eigenvalue weighted by Gasteiger charge is -2.20. The molecule has 0 aliphatic rings. The molecule has 0 bridgehead atoms. The maximum absolute atomic E-state index is 14.0. The first-order valence-corrected chi connectivity index (χ1v) is 7.80. The van der Waals surface area contributed by atoms with Gasteiger partial charge in [0.25, 0.3) is 0 Å². The predicted octanol–water partition coefficient (Wildman–Crippen LogP) is 5.27. The van der Waals surface area contributed by atoms with Crippen LogP contribution >= 0.6 is 27.5 Å². The van der Waals surface area contributed by atoms with Gasteiger partial charge in [-0.1, -0.05) is 34.5 Å². The largest absolute Gasteiger partial charge is 0.310 e. The summed E-state index contributed by atoms with van der Waals surface area (Å²) in [6.45, 7) is 2.61. The van der Waals surface area contributed by atoms with Gasteiger partial charge in [0.15, 0.2) is 0 Å². The van der Waals surface area contributed by atoms with Gasteiger partial charge in [-0.3, -0.25) is 0 Å².